The molecule has 0 atom stereocenters. The second-order valence-electron chi connectivity index (χ2n) is 7.75. The normalized spacial score (nSPS) is 14.3. The SMILES string of the molecule is O=C1CNc2ccc(OCc3cccc(OCc4ccc5ccc(Cl)cc5n4)c3)cc2S1(=O)=O. The summed E-state index contributed by atoms with van der Waals surface area (Å²) in [7, 11) is -4.00. The molecule has 3 aromatic carbocycles. The molecule has 1 aromatic heterocycles. The van der Waals surface area contributed by atoms with Crippen LogP contribution in [0.15, 0.2) is 77.7 Å². The molecule has 2 heterocycles. The molecule has 1 N–H and O–H groups in total. The zero-order valence-electron chi connectivity index (χ0n) is 17.8. The lowest BCUT2D eigenvalue weighted by Gasteiger charge is -2.18. The van der Waals surface area contributed by atoms with Crippen LogP contribution in [0.4, 0.5) is 5.69 Å². The molecule has 0 aliphatic carbocycles. The number of benzene rings is 3. The van der Waals surface area contributed by atoms with E-state index in [9.17, 15) is 13.2 Å². The lowest BCUT2D eigenvalue weighted by atomic mass is 10.2. The third-order valence-corrected chi connectivity index (χ3v) is 7.26. The largest absolute Gasteiger partial charge is 0.489 e. The number of halogens is 1. The van der Waals surface area contributed by atoms with Crippen molar-refractivity contribution in [1.82, 2.24) is 4.98 Å². The van der Waals surface area contributed by atoms with Gasteiger partial charge in [0.1, 0.15) is 29.6 Å². The van der Waals surface area contributed by atoms with Gasteiger partial charge in [-0.1, -0.05) is 35.9 Å². The third kappa shape index (κ3) is 4.55. The molecule has 0 fully saturated rings. The zero-order chi connectivity index (χ0) is 23.7. The Bertz CT molecular complexity index is 1520. The summed E-state index contributed by atoms with van der Waals surface area (Å²) >= 11 is 6.06. The monoisotopic (exact) mass is 494 g/mol. The van der Waals surface area contributed by atoms with E-state index >= 15 is 0 Å². The number of carbonyl (C=O) groups is 1. The smallest absolute Gasteiger partial charge is 0.270 e. The van der Waals surface area contributed by atoms with E-state index in [4.69, 9.17) is 21.1 Å². The van der Waals surface area contributed by atoms with Crippen molar-refractivity contribution in [1.29, 1.82) is 0 Å². The topological polar surface area (TPSA) is 94.6 Å². The Morgan fingerprint density at radius 3 is 2.59 bits per heavy atom. The predicted molar refractivity (Wildman–Crippen MR) is 129 cm³/mol. The van der Waals surface area contributed by atoms with E-state index in [1.807, 2.05) is 54.6 Å². The van der Waals surface area contributed by atoms with Crippen molar-refractivity contribution in [2.75, 3.05) is 11.9 Å². The third-order valence-electron chi connectivity index (χ3n) is 5.37. The van der Waals surface area contributed by atoms with Crippen LogP contribution < -0.4 is 14.8 Å². The molecule has 0 radical (unpaired) electrons. The van der Waals surface area contributed by atoms with Gasteiger partial charge in [-0.15, -0.1) is 0 Å². The molecule has 0 saturated heterocycles. The van der Waals surface area contributed by atoms with Crippen LogP contribution in [0, 0.1) is 0 Å². The number of pyridine rings is 1. The number of aromatic nitrogens is 1. The van der Waals surface area contributed by atoms with Crippen molar-refractivity contribution >= 4 is 43.1 Å². The molecule has 9 heteroatoms. The van der Waals surface area contributed by atoms with E-state index in [0.717, 1.165) is 22.2 Å². The van der Waals surface area contributed by atoms with E-state index in [1.165, 1.54) is 6.07 Å². The van der Waals surface area contributed by atoms with Gasteiger partial charge < -0.3 is 14.8 Å². The highest BCUT2D eigenvalue weighted by atomic mass is 35.5. The van der Waals surface area contributed by atoms with E-state index in [1.54, 1.807) is 12.1 Å². The van der Waals surface area contributed by atoms with Crippen molar-refractivity contribution < 1.29 is 22.7 Å². The average Bonchev–Trinajstić information content (AvgIpc) is 2.84. The molecular formula is C25H19ClN2O5S. The average molecular weight is 495 g/mol. The van der Waals surface area contributed by atoms with Crippen molar-refractivity contribution in [2.24, 2.45) is 0 Å². The Morgan fingerprint density at radius 2 is 1.71 bits per heavy atom. The molecule has 172 valence electrons. The molecule has 5 rings (SSSR count). The van der Waals surface area contributed by atoms with Crippen molar-refractivity contribution in [3.63, 3.8) is 0 Å². The summed E-state index contributed by atoms with van der Waals surface area (Å²) in [6, 6.07) is 21.5. The second-order valence-corrected chi connectivity index (χ2v) is 10.1. The van der Waals surface area contributed by atoms with Gasteiger partial charge in [0.25, 0.3) is 5.12 Å². The fourth-order valence-corrected chi connectivity index (χ4v) is 4.98. The first-order chi connectivity index (χ1) is 16.4. The Labute approximate surface area is 201 Å². The minimum atomic E-state index is -4.00. The van der Waals surface area contributed by atoms with Crippen LogP contribution in [0.2, 0.25) is 5.02 Å². The molecular weight excluding hydrogens is 476 g/mol. The number of rotatable bonds is 6. The van der Waals surface area contributed by atoms with E-state index in [-0.39, 0.29) is 24.7 Å². The lowest BCUT2D eigenvalue weighted by molar-refractivity contribution is -0.110. The summed E-state index contributed by atoms with van der Waals surface area (Å²) in [6.07, 6.45) is 0. The second kappa shape index (κ2) is 8.96. The molecule has 0 saturated carbocycles. The first-order valence-corrected chi connectivity index (χ1v) is 12.3. The van der Waals surface area contributed by atoms with Crippen LogP contribution in [0.25, 0.3) is 10.9 Å². The zero-order valence-corrected chi connectivity index (χ0v) is 19.4. The summed E-state index contributed by atoms with van der Waals surface area (Å²) in [4.78, 5) is 16.3. The highest BCUT2D eigenvalue weighted by Gasteiger charge is 2.32. The Balaban J connectivity index is 1.25. The molecule has 0 unspecified atom stereocenters. The van der Waals surface area contributed by atoms with E-state index in [0.29, 0.717) is 22.2 Å². The van der Waals surface area contributed by atoms with Crippen LogP contribution in [0.3, 0.4) is 0 Å². The van der Waals surface area contributed by atoms with Crippen molar-refractivity contribution in [2.45, 2.75) is 18.1 Å². The number of sulfone groups is 1. The van der Waals surface area contributed by atoms with Crippen LogP contribution in [0.5, 0.6) is 11.5 Å². The van der Waals surface area contributed by atoms with Crippen LogP contribution in [-0.2, 0) is 27.8 Å². The first kappa shape index (κ1) is 22.2. The van der Waals surface area contributed by atoms with Crippen LogP contribution >= 0.6 is 11.6 Å². The standard InChI is InChI=1S/C25H19ClN2O5S/c26-18-6-4-17-5-7-19(28-23(17)11-18)15-33-20-3-1-2-16(10-20)14-32-21-8-9-22-24(12-21)34(30,31)25(29)13-27-22/h1-12,27H,13-15H2. The molecule has 0 spiro atoms. The minimum Gasteiger partial charge on any atom is -0.489 e. The summed E-state index contributed by atoms with van der Waals surface area (Å²) in [5.74, 6) is 1.00. The highest BCUT2D eigenvalue weighted by molar-refractivity contribution is 8.06. The fourth-order valence-electron chi connectivity index (χ4n) is 3.61. The minimum absolute atomic E-state index is 0.0671. The van der Waals surface area contributed by atoms with Gasteiger partial charge in [-0.2, -0.15) is 0 Å². The Kier molecular flexibility index (Phi) is 5.85. The summed E-state index contributed by atoms with van der Waals surface area (Å²) in [5, 5.41) is 3.58. The van der Waals surface area contributed by atoms with Gasteiger partial charge in [0.15, 0.2) is 0 Å². The maximum absolute atomic E-state index is 12.3. The Morgan fingerprint density at radius 1 is 0.912 bits per heavy atom. The number of anilines is 1. The van der Waals surface area contributed by atoms with E-state index < -0.39 is 15.0 Å². The molecule has 34 heavy (non-hydrogen) atoms. The molecule has 4 aromatic rings. The van der Waals surface area contributed by atoms with Gasteiger partial charge in [-0.3, -0.25) is 4.79 Å². The summed E-state index contributed by atoms with van der Waals surface area (Å²) < 4.78 is 36.2. The first-order valence-electron chi connectivity index (χ1n) is 10.4. The summed E-state index contributed by atoms with van der Waals surface area (Å²) in [6.45, 7) is 0.255. The molecule has 0 bridgehead atoms. The molecule has 0 amide bonds. The number of fused-ring (bicyclic) bond motifs is 2. The van der Waals surface area contributed by atoms with Gasteiger partial charge in [0, 0.05) is 16.5 Å². The molecule has 1 aliphatic rings. The number of ether oxygens (including phenoxy) is 2. The molecule has 1 aliphatic heterocycles. The van der Waals surface area contributed by atoms with Gasteiger partial charge in [-0.25, -0.2) is 13.4 Å². The van der Waals surface area contributed by atoms with Gasteiger partial charge in [0.2, 0.25) is 9.84 Å². The molecule has 7 nitrogen and oxygen atoms in total. The van der Waals surface area contributed by atoms with Crippen LogP contribution in [0.1, 0.15) is 11.3 Å². The van der Waals surface area contributed by atoms with Crippen molar-refractivity contribution in [3.05, 3.63) is 89.1 Å². The van der Waals surface area contributed by atoms with Gasteiger partial charge in [0.05, 0.1) is 23.4 Å². The fraction of sp³-hybridized carbons (Fsp3) is 0.120. The Hall–Kier alpha value is -3.62. The van der Waals surface area contributed by atoms with Gasteiger partial charge in [-0.05, 0) is 48.0 Å². The van der Waals surface area contributed by atoms with Crippen molar-refractivity contribution in [3.8, 4) is 11.5 Å². The number of hydrogen-bond donors (Lipinski definition) is 1. The van der Waals surface area contributed by atoms with Gasteiger partial charge >= 0.3 is 0 Å². The maximum atomic E-state index is 12.3. The lowest BCUT2D eigenvalue weighted by Crippen LogP contribution is -2.29. The quantitative estimate of drug-likeness (QED) is 0.412. The number of carbonyl (C=O) groups excluding carboxylic acids is 1. The predicted octanol–water partition coefficient (Wildman–Crippen LogP) is 4.77. The maximum Gasteiger partial charge on any atom is 0.270 e. The van der Waals surface area contributed by atoms with E-state index in [2.05, 4.69) is 10.3 Å². The van der Waals surface area contributed by atoms with Crippen LogP contribution in [-0.4, -0.2) is 25.1 Å². The number of nitrogens with one attached hydrogen (secondary N) is 1. The highest BCUT2D eigenvalue weighted by Crippen LogP contribution is 2.31. The number of hydrogen-bond acceptors (Lipinski definition) is 7. The number of nitrogens with zero attached hydrogens (tertiary/aromatic N) is 1. The summed E-state index contributed by atoms with van der Waals surface area (Å²) in [5.41, 5.74) is 2.81.